The lowest BCUT2D eigenvalue weighted by atomic mass is 9.82. The van der Waals surface area contributed by atoms with Gasteiger partial charge in [0.2, 0.25) is 5.90 Å². The predicted octanol–water partition coefficient (Wildman–Crippen LogP) is 8.03. The Morgan fingerprint density at radius 3 is 2.39 bits per heavy atom. The average Bonchev–Trinajstić information content (AvgIpc) is 3.40. The van der Waals surface area contributed by atoms with Crippen molar-refractivity contribution in [1.29, 1.82) is 0 Å². The van der Waals surface area contributed by atoms with Crippen molar-refractivity contribution in [2.75, 3.05) is 19.8 Å². The monoisotopic (exact) mass is 714 g/mol. The van der Waals surface area contributed by atoms with Crippen LogP contribution in [0.25, 0.3) is 0 Å². The van der Waals surface area contributed by atoms with Crippen molar-refractivity contribution >= 4 is 62.5 Å². The first-order valence-corrected chi connectivity index (χ1v) is 16.0. The third-order valence-electron chi connectivity index (χ3n) is 7.33. The van der Waals surface area contributed by atoms with Crippen LogP contribution in [0.4, 0.5) is 0 Å². The summed E-state index contributed by atoms with van der Waals surface area (Å²) in [6.07, 6.45) is 0.430. The quantitative estimate of drug-likeness (QED) is 0.146. The van der Waals surface area contributed by atoms with Gasteiger partial charge in [-0.15, -0.1) is 0 Å². The van der Waals surface area contributed by atoms with Crippen LogP contribution in [0, 0.1) is 0 Å². The van der Waals surface area contributed by atoms with Crippen LogP contribution in [0.1, 0.15) is 34.8 Å². The Balaban J connectivity index is 1.55. The summed E-state index contributed by atoms with van der Waals surface area (Å²) in [5, 5.41) is 13.6. The van der Waals surface area contributed by atoms with Crippen molar-refractivity contribution < 1.29 is 19.4 Å². The summed E-state index contributed by atoms with van der Waals surface area (Å²) in [5.74, 6) is 0.640. The van der Waals surface area contributed by atoms with E-state index in [1.807, 2.05) is 60.7 Å². The molecule has 1 aliphatic heterocycles. The molecule has 0 unspecified atom stereocenters. The number of hydrogen-bond acceptors (Lipinski definition) is 5. The zero-order chi connectivity index (χ0) is 31.1. The second-order valence-electron chi connectivity index (χ2n) is 10.3. The molecule has 0 saturated heterocycles. The summed E-state index contributed by atoms with van der Waals surface area (Å²) in [7, 11) is 0. The molecule has 1 aliphatic rings. The Morgan fingerprint density at radius 2 is 1.68 bits per heavy atom. The highest BCUT2D eigenvalue weighted by Crippen LogP contribution is 2.45. The number of aliphatic imine (C=N–C) groups is 1. The first kappa shape index (κ1) is 32.3. The molecule has 0 fully saturated rings. The van der Waals surface area contributed by atoms with Gasteiger partial charge in [0.15, 0.2) is 11.6 Å². The van der Waals surface area contributed by atoms with E-state index in [0.717, 1.165) is 15.6 Å². The number of carbonyl (C=O) groups excluding carboxylic acids is 1. The molecule has 0 bridgehead atoms. The number of hydrogen-bond donors (Lipinski definition) is 2. The number of halogens is 4. The van der Waals surface area contributed by atoms with E-state index >= 15 is 0 Å². The molecule has 0 aliphatic carbocycles. The van der Waals surface area contributed by atoms with Crippen LogP contribution in [0.15, 0.2) is 100 Å². The maximum atomic E-state index is 14.4. The highest BCUT2D eigenvalue weighted by atomic mass is 79.9. The molecule has 0 spiro atoms. The molecule has 5 rings (SSSR count). The van der Waals surface area contributed by atoms with Crippen LogP contribution < -0.4 is 10.1 Å². The number of nitrogens with zero attached hydrogens (tertiary/aromatic N) is 1. The van der Waals surface area contributed by atoms with Crippen LogP contribution in [0.3, 0.4) is 0 Å². The fourth-order valence-electron chi connectivity index (χ4n) is 5.07. The van der Waals surface area contributed by atoms with E-state index in [1.54, 1.807) is 30.3 Å². The molecule has 4 aromatic carbocycles. The Hall–Kier alpha value is -3.07. The van der Waals surface area contributed by atoms with Gasteiger partial charge in [-0.1, -0.05) is 93.2 Å². The summed E-state index contributed by atoms with van der Waals surface area (Å²) >= 11 is 23.0. The topological polar surface area (TPSA) is 80.2 Å². The van der Waals surface area contributed by atoms with E-state index in [1.165, 1.54) is 0 Å². The van der Waals surface area contributed by atoms with Gasteiger partial charge in [0.1, 0.15) is 5.75 Å². The maximum Gasteiger partial charge on any atom is 0.252 e. The zero-order valence-corrected chi connectivity index (χ0v) is 27.5. The van der Waals surface area contributed by atoms with Crippen LogP contribution in [0.5, 0.6) is 5.75 Å². The Kier molecular flexibility index (Phi) is 10.9. The van der Waals surface area contributed by atoms with Crippen molar-refractivity contribution in [1.82, 2.24) is 5.32 Å². The van der Waals surface area contributed by atoms with Gasteiger partial charge in [0.05, 0.1) is 6.61 Å². The second kappa shape index (κ2) is 14.8. The highest BCUT2D eigenvalue weighted by molar-refractivity contribution is 9.10. The second-order valence-corrected chi connectivity index (χ2v) is 12.4. The summed E-state index contributed by atoms with van der Waals surface area (Å²) in [6, 6.07) is 27.7. The van der Waals surface area contributed by atoms with Gasteiger partial charge in [0.25, 0.3) is 5.91 Å². The molecular weight excluding hydrogens is 687 g/mol. The maximum absolute atomic E-state index is 14.4. The smallest absolute Gasteiger partial charge is 0.252 e. The molecule has 1 amide bonds. The van der Waals surface area contributed by atoms with Crippen LogP contribution in [0.2, 0.25) is 15.1 Å². The normalized spacial score (nSPS) is 17.6. The number of carbonyl (C=O) groups is 1. The van der Waals surface area contributed by atoms with Crippen molar-refractivity contribution in [2.24, 2.45) is 4.99 Å². The minimum Gasteiger partial charge on any atom is -0.494 e. The number of amides is 1. The van der Waals surface area contributed by atoms with Crippen LogP contribution in [-0.2, 0) is 22.4 Å². The number of aliphatic hydroxyl groups is 1. The van der Waals surface area contributed by atoms with Crippen LogP contribution in [-0.4, -0.2) is 42.2 Å². The van der Waals surface area contributed by atoms with E-state index < -0.39 is 11.6 Å². The highest BCUT2D eigenvalue weighted by Gasteiger charge is 2.54. The van der Waals surface area contributed by atoms with Gasteiger partial charge >= 0.3 is 0 Å². The molecule has 1 heterocycles. The van der Waals surface area contributed by atoms with E-state index in [2.05, 4.69) is 21.2 Å². The van der Waals surface area contributed by atoms with Gasteiger partial charge in [-0.05, 0) is 66.1 Å². The third kappa shape index (κ3) is 7.41. The molecule has 228 valence electrons. The Bertz CT molecular complexity index is 1650. The third-order valence-corrected chi connectivity index (χ3v) is 9.04. The fourth-order valence-corrected chi connectivity index (χ4v) is 6.23. The molecule has 0 saturated carbocycles. The Morgan fingerprint density at radius 1 is 0.955 bits per heavy atom. The van der Waals surface area contributed by atoms with E-state index in [9.17, 15) is 4.79 Å². The summed E-state index contributed by atoms with van der Waals surface area (Å²) in [5.41, 5.74) is 1.65. The van der Waals surface area contributed by atoms with E-state index in [4.69, 9.17) is 54.4 Å². The molecule has 4 aromatic rings. The van der Waals surface area contributed by atoms with Gasteiger partial charge in [-0.25, -0.2) is 4.99 Å². The first-order valence-electron chi connectivity index (χ1n) is 14.1. The van der Waals surface area contributed by atoms with Crippen LogP contribution >= 0.6 is 50.7 Å². The summed E-state index contributed by atoms with van der Waals surface area (Å²) < 4.78 is 13.1. The standard InChI is InChI=1S/C34H30BrCl3N2O4/c35-28-8-3-1-7-24(28)21-34(33(42)39-17-16-22-6-2-4-9-29(22)37)31(27-15-12-25(36)20-30(27)38)44-32(40-34)23-10-13-26(14-11-23)43-19-5-18-41/h1-4,6-15,20,31,41H,5,16-19,21H2,(H,39,42)/t31-,34-/m1/s1. The van der Waals surface area contributed by atoms with Crippen molar-refractivity contribution in [3.8, 4) is 5.75 Å². The summed E-state index contributed by atoms with van der Waals surface area (Å²) in [4.78, 5) is 19.5. The molecule has 0 aromatic heterocycles. The number of aliphatic hydroxyl groups excluding tert-OH is 1. The molecule has 44 heavy (non-hydrogen) atoms. The fraction of sp³-hybridized carbons (Fsp3) is 0.235. The lowest BCUT2D eigenvalue weighted by molar-refractivity contribution is -0.128. The van der Waals surface area contributed by atoms with Crippen molar-refractivity contribution in [2.45, 2.75) is 30.9 Å². The predicted molar refractivity (Wildman–Crippen MR) is 179 cm³/mol. The van der Waals surface area contributed by atoms with Crippen molar-refractivity contribution in [3.63, 3.8) is 0 Å². The number of rotatable bonds is 12. The van der Waals surface area contributed by atoms with Gasteiger partial charge < -0.3 is 19.9 Å². The molecule has 2 atom stereocenters. The van der Waals surface area contributed by atoms with Crippen molar-refractivity contribution in [3.05, 3.63) is 133 Å². The SMILES string of the molecule is O=C(NCCc1ccccc1Cl)[C@]1(Cc2ccccc2Br)N=C(c2ccc(OCCCO)cc2)O[C@@H]1c1ccc(Cl)cc1Cl. The largest absolute Gasteiger partial charge is 0.494 e. The lowest BCUT2D eigenvalue weighted by Gasteiger charge is -2.31. The van der Waals surface area contributed by atoms with Gasteiger partial charge in [-0.2, -0.15) is 0 Å². The van der Waals surface area contributed by atoms with Gasteiger partial charge in [-0.3, -0.25) is 4.79 Å². The van der Waals surface area contributed by atoms with E-state index in [0.29, 0.717) is 63.8 Å². The molecule has 0 radical (unpaired) electrons. The number of benzene rings is 4. The lowest BCUT2D eigenvalue weighted by Crippen LogP contribution is -2.50. The Labute approximate surface area is 280 Å². The molecule has 6 nitrogen and oxygen atoms in total. The minimum absolute atomic E-state index is 0.0530. The number of nitrogens with one attached hydrogen (secondary N) is 1. The first-order chi connectivity index (χ1) is 21.3. The summed E-state index contributed by atoms with van der Waals surface area (Å²) in [6.45, 7) is 0.789. The number of ether oxygens (including phenoxy) is 2. The zero-order valence-electron chi connectivity index (χ0n) is 23.6. The molecule has 10 heteroatoms. The minimum atomic E-state index is -1.42. The molecular formula is C34H30BrCl3N2O4. The van der Waals surface area contributed by atoms with Gasteiger partial charge in [0, 0.05) is 56.7 Å². The average molecular weight is 717 g/mol. The van der Waals surface area contributed by atoms with E-state index in [-0.39, 0.29) is 18.9 Å². The molecule has 2 N–H and O–H groups in total.